The monoisotopic (exact) mass is 318 g/mol. The van der Waals surface area contributed by atoms with E-state index in [2.05, 4.69) is 9.05 Å². The summed E-state index contributed by atoms with van der Waals surface area (Å²) in [5.41, 5.74) is -3.64. The van der Waals surface area contributed by atoms with Crippen molar-refractivity contribution in [3.63, 3.8) is 0 Å². The summed E-state index contributed by atoms with van der Waals surface area (Å²) in [6.45, 7) is 2.29. The van der Waals surface area contributed by atoms with Crippen LogP contribution in [0.5, 0.6) is 0 Å². The molecule has 7 heteroatoms. The van der Waals surface area contributed by atoms with Crippen LogP contribution in [0.4, 0.5) is 8.78 Å². The van der Waals surface area contributed by atoms with Gasteiger partial charge in [-0.1, -0.05) is 36.4 Å². The number of hydrogen-bond acceptors (Lipinski definition) is 4. The van der Waals surface area contributed by atoms with E-state index in [1.165, 1.54) is 19.9 Å². The molecule has 116 valence electrons. The zero-order chi connectivity index (χ0) is 15.9. The average Bonchev–Trinajstić information content (AvgIpc) is 2.46. The van der Waals surface area contributed by atoms with Crippen LogP contribution >= 0.6 is 7.60 Å². The van der Waals surface area contributed by atoms with Crippen molar-refractivity contribution in [2.45, 2.75) is 19.5 Å². The molecule has 1 aromatic carbocycles. The lowest BCUT2D eigenvalue weighted by molar-refractivity contribution is -0.130. The van der Waals surface area contributed by atoms with Crippen LogP contribution in [0.2, 0.25) is 0 Å². The molecule has 0 spiro atoms. The molecule has 0 aliphatic rings. The molecule has 0 atom stereocenters. The molecule has 0 aliphatic heterocycles. The second-order valence-electron chi connectivity index (χ2n) is 3.98. The third-order valence-corrected chi connectivity index (χ3v) is 4.57. The summed E-state index contributed by atoms with van der Waals surface area (Å²) in [5.74, 6) is -1.61. The Morgan fingerprint density at radius 3 is 2.19 bits per heavy atom. The van der Waals surface area contributed by atoms with Gasteiger partial charge in [0.1, 0.15) is 0 Å². The lowest BCUT2D eigenvalue weighted by atomic mass is 10.2. The molecule has 0 aliphatic carbocycles. The van der Waals surface area contributed by atoms with Gasteiger partial charge in [-0.05, 0) is 25.5 Å². The predicted octanol–water partition coefficient (Wildman–Crippen LogP) is 4.13. The lowest BCUT2D eigenvalue weighted by Crippen LogP contribution is -2.29. The highest BCUT2D eigenvalue weighted by atomic mass is 31.2. The molecule has 0 fully saturated rings. The average molecular weight is 318 g/mol. The molecule has 0 N–H and O–H groups in total. The number of ketones is 1. The number of alkyl halides is 2. The normalized spacial score (nSPS) is 12.8. The number of allylic oxidation sites excluding steroid dienone is 1. The number of carbonyl (C=O) groups excluding carboxylic acids is 1. The number of halogens is 2. The molecule has 0 amide bonds. The predicted molar refractivity (Wildman–Crippen MR) is 76.3 cm³/mol. The van der Waals surface area contributed by atoms with E-state index in [0.717, 1.165) is 0 Å². The molecule has 0 bridgehead atoms. The summed E-state index contributed by atoms with van der Waals surface area (Å²) in [6, 6.07) is 8.45. The lowest BCUT2D eigenvalue weighted by Gasteiger charge is -2.23. The Labute approximate surface area is 122 Å². The molecule has 21 heavy (non-hydrogen) atoms. The maximum Gasteiger partial charge on any atom is 0.408 e. The van der Waals surface area contributed by atoms with E-state index in [1.54, 1.807) is 30.3 Å². The minimum Gasteiger partial charge on any atom is -0.304 e. The Hall–Kier alpha value is -1.36. The molecular weight excluding hydrogens is 301 g/mol. The minimum atomic E-state index is -4.83. The van der Waals surface area contributed by atoms with Crippen molar-refractivity contribution in [1.29, 1.82) is 0 Å². The molecule has 0 unspecified atom stereocenters. The van der Waals surface area contributed by atoms with Crippen molar-refractivity contribution in [3.05, 3.63) is 42.0 Å². The standard InChI is InChI=1S/C14H17F2O4P/c1-3-19-21(18,20-4-2)14(15,16)13(17)11-10-12-8-6-5-7-9-12/h5-11H,3-4H2,1-2H3/b11-10+. The highest BCUT2D eigenvalue weighted by molar-refractivity contribution is 7.56. The van der Waals surface area contributed by atoms with Gasteiger partial charge >= 0.3 is 13.3 Å². The van der Waals surface area contributed by atoms with Crippen molar-refractivity contribution in [3.8, 4) is 0 Å². The molecule has 0 heterocycles. The smallest absolute Gasteiger partial charge is 0.304 e. The third-order valence-electron chi connectivity index (χ3n) is 2.47. The molecule has 0 saturated carbocycles. The summed E-state index contributed by atoms with van der Waals surface area (Å²) in [7, 11) is -4.83. The van der Waals surface area contributed by atoms with Gasteiger partial charge in [0.05, 0.1) is 13.2 Å². The fourth-order valence-electron chi connectivity index (χ4n) is 1.51. The SMILES string of the molecule is CCOP(=O)(OCC)C(F)(F)C(=O)/C=C/c1ccccc1. The highest BCUT2D eigenvalue weighted by Crippen LogP contribution is 2.62. The van der Waals surface area contributed by atoms with Gasteiger partial charge in [0, 0.05) is 0 Å². The van der Waals surface area contributed by atoms with Crippen molar-refractivity contribution < 1.29 is 27.2 Å². The highest BCUT2D eigenvalue weighted by Gasteiger charge is 2.58. The Morgan fingerprint density at radius 1 is 1.19 bits per heavy atom. The van der Waals surface area contributed by atoms with Gasteiger partial charge in [0.2, 0.25) is 5.78 Å². The summed E-state index contributed by atoms with van der Waals surface area (Å²) in [4.78, 5) is 11.7. The van der Waals surface area contributed by atoms with Crippen molar-refractivity contribution >= 4 is 19.5 Å². The molecule has 0 saturated heterocycles. The van der Waals surface area contributed by atoms with Gasteiger partial charge in [-0.25, -0.2) is 0 Å². The summed E-state index contributed by atoms with van der Waals surface area (Å²) >= 11 is 0. The fraction of sp³-hybridized carbons (Fsp3) is 0.357. The largest absolute Gasteiger partial charge is 0.408 e. The van der Waals surface area contributed by atoms with Crippen molar-refractivity contribution in [2.24, 2.45) is 0 Å². The van der Waals surface area contributed by atoms with E-state index < -0.39 is 19.0 Å². The molecule has 4 nitrogen and oxygen atoms in total. The van der Waals surface area contributed by atoms with Crippen LogP contribution in [0.15, 0.2) is 36.4 Å². The van der Waals surface area contributed by atoms with Crippen LogP contribution in [0.1, 0.15) is 19.4 Å². The van der Waals surface area contributed by atoms with Gasteiger partial charge in [-0.15, -0.1) is 0 Å². The number of benzene rings is 1. The molecule has 0 aromatic heterocycles. The quantitative estimate of drug-likeness (QED) is 0.534. The van der Waals surface area contributed by atoms with Crippen LogP contribution < -0.4 is 0 Å². The number of rotatable bonds is 8. The summed E-state index contributed by atoms with van der Waals surface area (Å²) < 4.78 is 49.2. The van der Waals surface area contributed by atoms with Crippen molar-refractivity contribution in [2.75, 3.05) is 13.2 Å². The van der Waals surface area contributed by atoms with Gasteiger partial charge in [0.15, 0.2) is 0 Å². The minimum absolute atomic E-state index is 0.247. The Balaban J connectivity index is 2.97. The van der Waals surface area contributed by atoms with E-state index >= 15 is 0 Å². The molecule has 1 rings (SSSR count). The first-order valence-electron chi connectivity index (χ1n) is 6.42. The van der Waals surface area contributed by atoms with E-state index in [-0.39, 0.29) is 13.2 Å². The zero-order valence-electron chi connectivity index (χ0n) is 11.8. The van der Waals surface area contributed by atoms with E-state index in [4.69, 9.17) is 0 Å². The fourth-order valence-corrected chi connectivity index (χ4v) is 2.93. The first-order chi connectivity index (χ1) is 9.87. The zero-order valence-corrected chi connectivity index (χ0v) is 12.7. The number of carbonyl (C=O) groups is 1. The molecule has 0 radical (unpaired) electrons. The van der Waals surface area contributed by atoms with Crippen LogP contribution in [0, 0.1) is 0 Å². The van der Waals surface area contributed by atoms with E-state index in [0.29, 0.717) is 11.6 Å². The van der Waals surface area contributed by atoms with E-state index in [9.17, 15) is 18.1 Å². The second-order valence-corrected chi connectivity index (χ2v) is 6.06. The maximum absolute atomic E-state index is 14.0. The van der Waals surface area contributed by atoms with Gasteiger partial charge in [-0.2, -0.15) is 8.78 Å². The molecule has 1 aromatic rings. The first-order valence-corrected chi connectivity index (χ1v) is 7.96. The topological polar surface area (TPSA) is 52.6 Å². The van der Waals surface area contributed by atoms with Crippen LogP contribution in [0.3, 0.4) is 0 Å². The Morgan fingerprint density at radius 2 is 1.71 bits per heavy atom. The first kappa shape index (κ1) is 17.7. The van der Waals surface area contributed by atoms with Gasteiger partial charge in [0.25, 0.3) is 0 Å². The molecular formula is C14H17F2O4P. The maximum atomic E-state index is 14.0. The summed E-state index contributed by atoms with van der Waals surface area (Å²) in [6.07, 6.45) is 1.90. The number of hydrogen-bond donors (Lipinski definition) is 0. The van der Waals surface area contributed by atoms with Crippen LogP contribution in [-0.4, -0.2) is 24.7 Å². The van der Waals surface area contributed by atoms with Crippen LogP contribution in [0.25, 0.3) is 6.08 Å². The van der Waals surface area contributed by atoms with E-state index in [1.807, 2.05) is 0 Å². The van der Waals surface area contributed by atoms with Crippen LogP contribution in [-0.2, 0) is 18.4 Å². The Bertz CT molecular complexity index is 533. The Kier molecular flexibility index (Phi) is 6.40. The summed E-state index contributed by atoms with van der Waals surface area (Å²) in [5, 5.41) is 0. The van der Waals surface area contributed by atoms with Gasteiger partial charge in [-0.3, -0.25) is 9.36 Å². The van der Waals surface area contributed by atoms with Gasteiger partial charge < -0.3 is 9.05 Å². The third kappa shape index (κ3) is 4.30. The van der Waals surface area contributed by atoms with Crippen molar-refractivity contribution in [1.82, 2.24) is 0 Å². The second kappa shape index (κ2) is 7.59.